The Morgan fingerprint density at radius 3 is 1.79 bits per heavy atom. The average Bonchev–Trinajstić information content (AvgIpc) is 3.19. The second kappa shape index (κ2) is 7.27. The van der Waals surface area contributed by atoms with Gasteiger partial charge >= 0.3 is 7.82 Å². The summed E-state index contributed by atoms with van der Waals surface area (Å²) in [5.41, 5.74) is 0.341. The van der Waals surface area contributed by atoms with Crippen LogP contribution in [0.2, 0.25) is 0 Å². The minimum atomic E-state index is -4.71. The van der Waals surface area contributed by atoms with E-state index in [4.69, 9.17) is 23.8 Å². The number of phosphoric acid groups is 1. The van der Waals surface area contributed by atoms with Gasteiger partial charge in [-0.25, -0.2) is 18.2 Å². The predicted molar refractivity (Wildman–Crippen MR) is 92.8 cm³/mol. The fraction of sp³-hybridized carbons (Fsp3) is 0.333. The zero-order valence-corrected chi connectivity index (χ0v) is 15.5. The molecule has 7 nitrogen and oxygen atoms in total. The van der Waals surface area contributed by atoms with E-state index in [1.165, 1.54) is 24.3 Å². The van der Waals surface area contributed by atoms with E-state index in [2.05, 4.69) is 0 Å². The molecule has 0 saturated carbocycles. The van der Waals surface area contributed by atoms with E-state index in [0.717, 1.165) is 0 Å². The Labute approximate surface area is 159 Å². The number of halogens is 2. The summed E-state index contributed by atoms with van der Waals surface area (Å²) in [6.45, 7) is -0.147. The summed E-state index contributed by atoms with van der Waals surface area (Å²) < 4.78 is 54.5. The lowest BCUT2D eigenvalue weighted by molar-refractivity contribution is -0.0630. The zero-order valence-electron chi connectivity index (χ0n) is 14.6. The summed E-state index contributed by atoms with van der Waals surface area (Å²) in [5, 5.41) is 0. The Hall–Kier alpha value is -1.71. The molecule has 28 heavy (non-hydrogen) atoms. The minimum absolute atomic E-state index is 0.0900. The van der Waals surface area contributed by atoms with E-state index >= 15 is 0 Å². The van der Waals surface area contributed by atoms with Crippen LogP contribution in [0.3, 0.4) is 0 Å². The molecule has 2 saturated heterocycles. The molecule has 0 amide bonds. The van der Waals surface area contributed by atoms with E-state index in [1.807, 2.05) is 0 Å². The third-order valence-electron chi connectivity index (χ3n) is 4.88. The summed E-state index contributed by atoms with van der Waals surface area (Å²) >= 11 is 0. The van der Waals surface area contributed by atoms with Crippen molar-refractivity contribution in [3.8, 4) is 0 Å². The van der Waals surface area contributed by atoms with Gasteiger partial charge in [-0.15, -0.1) is 0 Å². The first kappa shape index (κ1) is 19.6. The molecule has 2 heterocycles. The lowest BCUT2D eigenvalue weighted by Crippen LogP contribution is -2.48. The van der Waals surface area contributed by atoms with Gasteiger partial charge in [-0.3, -0.25) is 4.52 Å². The number of ether oxygens (including phenoxy) is 2. The monoisotopic (exact) mass is 413 g/mol. The van der Waals surface area contributed by atoms with Gasteiger partial charge in [-0.2, -0.15) is 0 Å². The highest BCUT2D eigenvalue weighted by molar-refractivity contribution is 7.46. The largest absolute Gasteiger partial charge is 0.469 e. The number of fused-ring (bicyclic) bond motifs is 1. The molecular weight excluding hydrogens is 395 g/mol. The topological polar surface area (TPSA) is 88.5 Å². The third-order valence-corrected chi connectivity index (χ3v) is 5.35. The lowest BCUT2D eigenvalue weighted by atomic mass is 10.0. The lowest BCUT2D eigenvalue weighted by Gasteiger charge is -2.34. The molecule has 0 aromatic heterocycles. The second-order valence-corrected chi connectivity index (χ2v) is 8.06. The van der Waals surface area contributed by atoms with Crippen LogP contribution in [-0.2, 0) is 18.6 Å². The van der Waals surface area contributed by atoms with Crippen LogP contribution in [0.25, 0.3) is 0 Å². The Kier molecular flexibility index (Phi) is 5.09. The Bertz CT molecular complexity index is 830. The standard InChI is InChI=1S/C18H18F2NO6P/c19-14-5-1-12(2-6-14)16-21-17(13-3-7-15(20)8-4-13)26-10-18(21,9-25-16)11-27-28(22,23)24/h1-8,16-17H,9-11H2,(H2,22,23,24)/t16-,17+,18-. The van der Waals surface area contributed by atoms with Crippen LogP contribution in [0.4, 0.5) is 8.78 Å². The van der Waals surface area contributed by atoms with Crippen molar-refractivity contribution in [2.45, 2.75) is 18.0 Å². The van der Waals surface area contributed by atoms with Crippen LogP contribution in [-0.4, -0.2) is 40.0 Å². The average molecular weight is 413 g/mol. The maximum atomic E-state index is 13.3. The SMILES string of the molecule is O=P(O)(O)OC[C@]12CO[C@H](c3ccc(F)cc3)N1[C@H](c1ccc(F)cc1)OC2. The van der Waals surface area contributed by atoms with Gasteiger partial charge in [0.1, 0.15) is 24.1 Å². The van der Waals surface area contributed by atoms with Crippen LogP contribution in [0.1, 0.15) is 23.6 Å². The highest BCUT2D eigenvalue weighted by Crippen LogP contribution is 2.50. The van der Waals surface area contributed by atoms with E-state index in [1.54, 1.807) is 29.2 Å². The number of benzene rings is 2. The maximum absolute atomic E-state index is 13.3. The normalized spacial score (nSPS) is 27.9. The van der Waals surface area contributed by atoms with Crippen molar-refractivity contribution in [1.29, 1.82) is 0 Å². The van der Waals surface area contributed by atoms with Crippen molar-refractivity contribution in [2.75, 3.05) is 19.8 Å². The van der Waals surface area contributed by atoms with E-state index < -0.39 is 37.5 Å². The molecular formula is C18H18F2NO6P. The molecule has 4 rings (SSSR count). The van der Waals surface area contributed by atoms with Crippen molar-refractivity contribution >= 4 is 7.82 Å². The maximum Gasteiger partial charge on any atom is 0.469 e. The molecule has 0 aliphatic carbocycles. The molecule has 10 heteroatoms. The van der Waals surface area contributed by atoms with Gasteiger partial charge in [-0.1, -0.05) is 24.3 Å². The first-order valence-corrected chi connectivity index (χ1v) is 10.0. The number of nitrogens with zero attached hydrogens (tertiary/aromatic N) is 1. The van der Waals surface area contributed by atoms with Crippen molar-refractivity contribution in [3.63, 3.8) is 0 Å². The molecule has 0 spiro atoms. The molecule has 0 radical (unpaired) electrons. The predicted octanol–water partition coefficient (Wildman–Crippen LogP) is 2.87. The quantitative estimate of drug-likeness (QED) is 0.729. The highest BCUT2D eigenvalue weighted by Gasteiger charge is 2.57. The van der Waals surface area contributed by atoms with Crippen LogP contribution in [0.15, 0.2) is 48.5 Å². The smallest absolute Gasteiger partial charge is 0.357 e. The fourth-order valence-electron chi connectivity index (χ4n) is 3.57. The zero-order chi connectivity index (χ0) is 19.9. The molecule has 0 bridgehead atoms. The van der Waals surface area contributed by atoms with Gasteiger partial charge in [0.25, 0.3) is 0 Å². The number of rotatable bonds is 5. The van der Waals surface area contributed by atoms with E-state index in [9.17, 15) is 13.3 Å². The first-order valence-electron chi connectivity index (χ1n) is 8.50. The first-order chi connectivity index (χ1) is 13.3. The van der Waals surface area contributed by atoms with Crippen molar-refractivity contribution in [1.82, 2.24) is 4.90 Å². The third kappa shape index (κ3) is 3.75. The Morgan fingerprint density at radius 1 is 0.964 bits per heavy atom. The van der Waals surface area contributed by atoms with Crippen molar-refractivity contribution in [3.05, 3.63) is 71.3 Å². The molecule has 2 fully saturated rings. The molecule has 150 valence electrons. The van der Waals surface area contributed by atoms with E-state index in [-0.39, 0.29) is 19.8 Å². The number of phosphoric ester groups is 1. The van der Waals surface area contributed by atoms with Gasteiger partial charge in [0.2, 0.25) is 0 Å². The van der Waals surface area contributed by atoms with E-state index in [0.29, 0.717) is 11.1 Å². The summed E-state index contributed by atoms with van der Waals surface area (Å²) in [6, 6.07) is 11.5. The van der Waals surface area contributed by atoms with Crippen molar-refractivity contribution < 1.29 is 37.1 Å². The summed E-state index contributed by atoms with van der Waals surface area (Å²) in [5.74, 6) is -0.795. The van der Waals surface area contributed by atoms with Crippen molar-refractivity contribution in [2.24, 2.45) is 0 Å². The van der Waals surface area contributed by atoms with Crippen LogP contribution in [0.5, 0.6) is 0 Å². The molecule has 0 unspecified atom stereocenters. The summed E-state index contributed by atoms with van der Waals surface area (Å²) in [7, 11) is -4.71. The Morgan fingerprint density at radius 2 is 1.39 bits per heavy atom. The number of hydrogen-bond donors (Lipinski definition) is 2. The highest BCUT2D eigenvalue weighted by atomic mass is 31.2. The van der Waals surface area contributed by atoms with Crippen LogP contribution < -0.4 is 0 Å². The fourth-order valence-corrected chi connectivity index (χ4v) is 3.98. The van der Waals surface area contributed by atoms with Gasteiger partial charge in [0.15, 0.2) is 0 Å². The molecule has 2 aromatic rings. The van der Waals surface area contributed by atoms with Crippen LogP contribution >= 0.6 is 7.82 Å². The second-order valence-electron chi connectivity index (χ2n) is 6.83. The minimum Gasteiger partial charge on any atom is -0.357 e. The van der Waals surface area contributed by atoms with Gasteiger partial charge < -0.3 is 19.3 Å². The van der Waals surface area contributed by atoms with Gasteiger partial charge in [0, 0.05) is 0 Å². The number of hydrogen-bond acceptors (Lipinski definition) is 5. The molecule has 3 atom stereocenters. The molecule has 2 aromatic carbocycles. The molecule has 2 aliphatic heterocycles. The summed E-state index contributed by atoms with van der Waals surface area (Å²) in [4.78, 5) is 20.0. The molecule has 2 aliphatic rings. The molecule has 2 N–H and O–H groups in total. The van der Waals surface area contributed by atoms with Gasteiger partial charge in [0.05, 0.1) is 25.4 Å². The van der Waals surface area contributed by atoms with Crippen LogP contribution in [0, 0.1) is 11.6 Å². The summed E-state index contributed by atoms with van der Waals surface area (Å²) in [6.07, 6.45) is -1.31. The van der Waals surface area contributed by atoms with Gasteiger partial charge in [-0.05, 0) is 35.4 Å². The Balaban J connectivity index is 1.70.